The zero-order valence-corrected chi connectivity index (χ0v) is 17.9. The Kier molecular flexibility index (Phi) is 5.39. The molecule has 2 heterocycles. The summed E-state index contributed by atoms with van der Waals surface area (Å²) in [6.07, 6.45) is 1.66. The summed E-state index contributed by atoms with van der Waals surface area (Å²) in [7, 11) is -0.560. The lowest BCUT2D eigenvalue weighted by atomic mass is 10.2. The van der Waals surface area contributed by atoms with Crippen LogP contribution in [-0.4, -0.2) is 36.8 Å². The number of aromatic nitrogens is 2. The summed E-state index contributed by atoms with van der Waals surface area (Å²) in [5.41, 5.74) is 1.87. The molecule has 0 aliphatic heterocycles. The maximum absolute atomic E-state index is 12.3. The summed E-state index contributed by atoms with van der Waals surface area (Å²) < 4.78 is 37.1. The molecule has 0 spiro atoms. The van der Waals surface area contributed by atoms with E-state index in [1.807, 2.05) is 12.1 Å². The Morgan fingerprint density at radius 2 is 1.86 bits per heavy atom. The van der Waals surface area contributed by atoms with Crippen LogP contribution in [-0.2, 0) is 15.8 Å². The van der Waals surface area contributed by atoms with Crippen molar-refractivity contribution in [2.45, 2.75) is 15.9 Å². The number of rotatable bonds is 6. The fourth-order valence-electron chi connectivity index (χ4n) is 2.57. The van der Waals surface area contributed by atoms with Crippen molar-refractivity contribution in [1.82, 2.24) is 14.3 Å². The summed E-state index contributed by atoms with van der Waals surface area (Å²) in [5, 5.41) is 1.06. The molecule has 2 aromatic carbocycles. The van der Waals surface area contributed by atoms with Gasteiger partial charge in [0.15, 0.2) is 11.3 Å². The van der Waals surface area contributed by atoms with Gasteiger partial charge < -0.3 is 8.83 Å². The van der Waals surface area contributed by atoms with Gasteiger partial charge in [0.1, 0.15) is 5.52 Å². The van der Waals surface area contributed by atoms with Gasteiger partial charge in [0.25, 0.3) is 5.22 Å². The first-order valence-electron chi connectivity index (χ1n) is 8.49. The zero-order chi connectivity index (χ0) is 20.6. The third-order valence-corrected chi connectivity index (χ3v) is 7.00. The van der Waals surface area contributed by atoms with Gasteiger partial charge in [-0.15, -0.1) is 0 Å². The molecule has 0 N–H and O–H groups in total. The predicted octanol–water partition coefficient (Wildman–Crippen LogP) is 4.68. The Hall–Kier alpha value is -2.33. The van der Waals surface area contributed by atoms with Gasteiger partial charge in [-0.05, 0) is 42.5 Å². The quantitative estimate of drug-likeness (QED) is 0.395. The van der Waals surface area contributed by atoms with Crippen LogP contribution in [0.2, 0.25) is 5.02 Å². The smallest absolute Gasteiger partial charge is 0.257 e. The lowest BCUT2D eigenvalue weighted by molar-refractivity contribution is 0.486. The second-order valence-electron chi connectivity index (χ2n) is 6.31. The maximum atomic E-state index is 12.3. The van der Waals surface area contributed by atoms with E-state index < -0.39 is 10.0 Å². The molecular formula is C19H16ClN3O4S2. The Morgan fingerprint density at radius 3 is 2.59 bits per heavy atom. The van der Waals surface area contributed by atoms with Gasteiger partial charge in [0, 0.05) is 24.7 Å². The van der Waals surface area contributed by atoms with E-state index in [0.717, 1.165) is 9.87 Å². The SMILES string of the molecule is CN(C)S(=O)(=O)c1ccc2oc(SCc3ncc(-c4ccc(Cl)cc4)o3)nc2c1. The van der Waals surface area contributed by atoms with Gasteiger partial charge in [-0.2, -0.15) is 0 Å². The highest BCUT2D eigenvalue weighted by atomic mass is 35.5. The Balaban J connectivity index is 1.50. The molecule has 0 fully saturated rings. The molecule has 0 atom stereocenters. The third-order valence-electron chi connectivity index (χ3n) is 4.12. The number of halogens is 1. The molecular weight excluding hydrogens is 434 g/mol. The number of oxazole rings is 2. The average molecular weight is 450 g/mol. The van der Waals surface area contributed by atoms with Gasteiger partial charge in [0.05, 0.1) is 16.8 Å². The molecule has 4 rings (SSSR count). The monoisotopic (exact) mass is 449 g/mol. The molecule has 0 radical (unpaired) electrons. The van der Waals surface area contributed by atoms with Gasteiger partial charge in [0.2, 0.25) is 15.9 Å². The van der Waals surface area contributed by atoms with E-state index in [2.05, 4.69) is 9.97 Å². The molecule has 0 bridgehead atoms. The molecule has 0 saturated heterocycles. The fraction of sp³-hybridized carbons (Fsp3) is 0.158. The highest BCUT2D eigenvalue weighted by molar-refractivity contribution is 7.98. The van der Waals surface area contributed by atoms with E-state index in [4.69, 9.17) is 20.4 Å². The van der Waals surface area contributed by atoms with Gasteiger partial charge in [-0.1, -0.05) is 23.4 Å². The number of nitrogens with zero attached hydrogens (tertiary/aromatic N) is 3. The van der Waals surface area contributed by atoms with Crippen LogP contribution in [0.3, 0.4) is 0 Å². The molecule has 150 valence electrons. The maximum Gasteiger partial charge on any atom is 0.257 e. The number of fused-ring (bicyclic) bond motifs is 1. The lowest BCUT2D eigenvalue weighted by Gasteiger charge is -2.10. The minimum Gasteiger partial charge on any atom is -0.440 e. The molecule has 0 saturated carbocycles. The molecule has 2 aromatic heterocycles. The minimum absolute atomic E-state index is 0.167. The van der Waals surface area contributed by atoms with Crippen molar-refractivity contribution in [3.8, 4) is 11.3 Å². The summed E-state index contributed by atoms with van der Waals surface area (Å²) >= 11 is 7.22. The number of benzene rings is 2. The molecule has 29 heavy (non-hydrogen) atoms. The average Bonchev–Trinajstić information content (AvgIpc) is 3.32. The van der Waals surface area contributed by atoms with Gasteiger partial charge >= 0.3 is 0 Å². The summed E-state index contributed by atoms with van der Waals surface area (Å²) in [5.74, 6) is 1.59. The van der Waals surface area contributed by atoms with Crippen LogP contribution in [0.4, 0.5) is 0 Å². The molecule has 0 amide bonds. The normalized spacial score (nSPS) is 12.1. The Bertz CT molecular complexity index is 1260. The molecule has 0 unspecified atom stereocenters. The van der Waals surface area contributed by atoms with Crippen LogP contribution in [0, 0.1) is 0 Å². The number of thioether (sulfide) groups is 1. The van der Waals surface area contributed by atoms with Crippen molar-refractivity contribution in [3.05, 3.63) is 59.6 Å². The number of hydrogen-bond acceptors (Lipinski definition) is 7. The van der Waals surface area contributed by atoms with Crippen molar-refractivity contribution in [1.29, 1.82) is 0 Å². The Morgan fingerprint density at radius 1 is 1.10 bits per heavy atom. The largest absolute Gasteiger partial charge is 0.440 e. The van der Waals surface area contributed by atoms with E-state index in [-0.39, 0.29) is 4.90 Å². The predicted molar refractivity (Wildman–Crippen MR) is 111 cm³/mol. The summed E-state index contributed by atoms with van der Waals surface area (Å²) in [4.78, 5) is 8.81. The highest BCUT2D eigenvalue weighted by Crippen LogP contribution is 2.29. The van der Waals surface area contributed by atoms with Crippen molar-refractivity contribution >= 4 is 44.5 Å². The topological polar surface area (TPSA) is 89.4 Å². The van der Waals surface area contributed by atoms with E-state index in [1.165, 1.54) is 38.0 Å². The van der Waals surface area contributed by atoms with Gasteiger partial charge in [-0.25, -0.2) is 22.7 Å². The van der Waals surface area contributed by atoms with E-state index in [9.17, 15) is 8.42 Å². The second-order valence-corrected chi connectivity index (χ2v) is 9.83. The number of hydrogen-bond donors (Lipinski definition) is 0. The molecule has 0 aliphatic rings. The fourth-order valence-corrected chi connectivity index (χ4v) is 4.31. The lowest BCUT2D eigenvalue weighted by Crippen LogP contribution is -2.22. The van der Waals surface area contributed by atoms with Crippen molar-refractivity contribution in [2.75, 3.05) is 14.1 Å². The molecule has 0 aliphatic carbocycles. The highest BCUT2D eigenvalue weighted by Gasteiger charge is 2.19. The first-order valence-corrected chi connectivity index (χ1v) is 11.3. The Labute approximate surface area is 176 Å². The van der Waals surface area contributed by atoms with Crippen LogP contribution < -0.4 is 0 Å². The van der Waals surface area contributed by atoms with Crippen molar-refractivity contribution in [3.63, 3.8) is 0 Å². The molecule has 10 heteroatoms. The van der Waals surface area contributed by atoms with Gasteiger partial charge in [-0.3, -0.25) is 0 Å². The van der Waals surface area contributed by atoms with Crippen LogP contribution in [0.25, 0.3) is 22.4 Å². The van der Waals surface area contributed by atoms with E-state index >= 15 is 0 Å². The molecule has 7 nitrogen and oxygen atoms in total. The number of sulfonamides is 1. The minimum atomic E-state index is -3.53. The third kappa shape index (κ3) is 4.18. The van der Waals surface area contributed by atoms with Crippen LogP contribution in [0.15, 0.2) is 67.6 Å². The van der Waals surface area contributed by atoms with E-state index in [1.54, 1.807) is 24.4 Å². The van der Waals surface area contributed by atoms with Crippen molar-refractivity contribution < 1.29 is 17.3 Å². The van der Waals surface area contributed by atoms with Crippen LogP contribution >= 0.6 is 23.4 Å². The van der Waals surface area contributed by atoms with Crippen LogP contribution in [0.1, 0.15) is 5.89 Å². The summed E-state index contributed by atoms with van der Waals surface area (Å²) in [6, 6.07) is 11.9. The standard InChI is InChI=1S/C19H16ClN3O4S2/c1-23(2)29(24,25)14-7-8-16-15(9-14)22-19(27-16)28-11-18-21-10-17(26-18)12-3-5-13(20)6-4-12/h3-10H,11H2,1-2H3. The van der Waals surface area contributed by atoms with Crippen LogP contribution in [0.5, 0.6) is 0 Å². The summed E-state index contributed by atoms with van der Waals surface area (Å²) in [6.45, 7) is 0. The second kappa shape index (κ2) is 7.83. The van der Waals surface area contributed by atoms with E-state index in [0.29, 0.717) is 38.7 Å². The van der Waals surface area contributed by atoms with Crippen molar-refractivity contribution in [2.24, 2.45) is 0 Å². The molecule has 4 aromatic rings. The first kappa shape index (κ1) is 20.0. The first-order chi connectivity index (χ1) is 13.8. The zero-order valence-electron chi connectivity index (χ0n) is 15.5.